The van der Waals surface area contributed by atoms with Gasteiger partial charge in [-0.05, 0) is 30.4 Å². The smallest absolute Gasteiger partial charge is 0.246 e. The fraction of sp³-hybridized carbons (Fsp3) is 0.235. The number of benzene rings is 2. The molecule has 2 aromatic rings. The molecule has 0 fully saturated rings. The second-order valence-electron chi connectivity index (χ2n) is 4.89. The number of amides is 1. The van der Waals surface area contributed by atoms with E-state index in [0.717, 1.165) is 12.0 Å². The van der Waals surface area contributed by atoms with Crippen LogP contribution < -0.4 is 5.48 Å². The number of hydrogen-bond acceptors (Lipinski definition) is 2. The third-order valence-corrected chi connectivity index (χ3v) is 3.43. The first-order chi connectivity index (χ1) is 9.79. The summed E-state index contributed by atoms with van der Waals surface area (Å²) in [6.45, 7) is 0. The van der Waals surface area contributed by atoms with Crippen LogP contribution in [-0.2, 0) is 17.6 Å². The molecule has 3 nitrogen and oxygen atoms in total. The average molecular weight is 269 g/mol. The van der Waals surface area contributed by atoms with Crippen molar-refractivity contribution in [1.82, 2.24) is 5.48 Å². The first-order valence-corrected chi connectivity index (χ1v) is 6.81. The van der Waals surface area contributed by atoms with Crippen LogP contribution in [-0.4, -0.2) is 11.1 Å². The van der Waals surface area contributed by atoms with Crippen LogP contribution in [0.5, 0.6) is 0 Å². The molecular weight excluding hydrogens is 250 g/mol. The molecule has 0 aliphatic carbocycles. The molecule has 0 saturated heterocycles. The zero-order valence-electron chi connectivity index (χ0n) is 11.3. The molecule has 0 radical (unpaired) electrons. The number of aryl methyl sites for hydroxylation is 1. The maximum absolute atomic E-state index is 11.8. The Morgan fingerprint density at radius 3 is 2.05 bits per heavy atom. The summed E-state index contributed by atoms with van der Waals surface area (Å²) in [5.74, 6) is -0.535. The Hall–Kier alpha value is -2.13. The van der Waals surface area contributed by atoms with Gasteiger partial charge in [0.05, 0.1) is 0 Å². The van der Waals surface area contributed by atoms with Crippen LogP contribution in [0.4, 0.5) is 0 Å². The van der Waals surface area contributed by atoms with Crippen molar-refractivity contribution in [1.29, 1.82) is 0 Å². The predicted molar refractivity (Wildman–Crippen MR) is 78.3 cm³/mol. The summed E-state index contributed by atoms with van der Waals surface area (Å²) in [5.41, 5.74) is 4.09. The lowest BCUT2D eigenvalue weighted by Gasteiger charge is -2.15. The first kappa shape index (κ1) is 14.3. The van der Waals surface area contributed by atoms with Crippen molar-refractivity contribution in [2.75, 3.05) is 0 Å². The third-order valence-electron chi connectivity index (χ3n) is 3.43. The molecule has 1 atom stereocenters. The molecule has 104 valence electrons. The molecule has 2 aromatic carbocycles. The van der Waals surface area contributed by atoms with E-state index in [0.29, 0.717) is 12.8 Å². The van der Waals surface area contributed by atoms with Gasteiger partial charge in [-0.15, -0.1) is 0 Å². The Morgan fingerprint density at radius 2 is 1.50 bits per heavy atom. The predicted octanol–water partition coefficient (Wildman–Crippen LogP) is 2.98. The van der Waals surface area contributed by atoms with E-state index in [2.05, 4.69) is 12.1 Å². The average Bonchev–Trinajstić information content (AvgIpc) is 2.52. The molecule has 2 rings (SSSR count). The summed E-state index contributed by atoms with van der Waals surface area (Å²) < 4.78 is 0. The van der Waals surface area contributed by atoms with Crippen LogP contribution in [0.25, 0.3) is 0 Å². The maximum Gasteiger partial charge on any atom is 0.246 e. The number of carbonyl (C=O) groups excluding carboxylic acids is 1. The van der Waals surface area contributed by atoms with Gasteiger partial charge in [0, 0.05) is 5.92 Å². The molecule has 2 N–H and O–H groups in total. The van der Waals surface area contributed by atoms with Gasteiger partial charge >= 0.3 is 0 Å². The van der Waals surface area contributed by atoms with Crippen LogP contribution in [0.1, 0.15) is 17.5 Å². The fourth-order valence-electron chi connectivity index (χ4n) is 2.30. The highest BCUT2D eigenvalue weighted by molar-refractivity contribution is 5.77. The second-order valence-corrected chi connectivity index (χ2v) is 4.89. The SMILES string of the molecule is O=C(NO)C(CCc1ccccc1)Cc1ccccc1. The number of rotatable bonds is 6. The van der Waals surface area contributed by atoms with E-state index in [1.165, 1.54) is 5.56 Å². The van der Waals surface area contributed by atoms with Gasteiger partial charge < -0.3 is 0 Å². The Morgan fingerprint density at radius 1 is 0.950 bits per heavy atom. The minimum absolute atomic E-state index is 0.220. The molecular formula is C17H19NO2. The normalized spacial score (nSPS) is 11.8. The fourth-order valence-corrected chi connectivity index (χ4v) is 2.30. The van der Waals surface area contributed by atoms with Crippen molar-refractivity contribution in [3.05, 3.63) is 71.8 Å². The largest absolute Gasteiger partial charge is 0.289 e. The Balaban J connectivity index is 1.99. The molecule has 20 heavy (non-hydrogen) atoms. The minimum atomic E-state index is -0.315. The van der Waals surface area contributed by atoms with E-state index in [1.54, 1.807) is 5.48 Å². The van der Waals surface area contributed by atoms with Gasteiger partial charge in [-0.25, -0.2) is 5.48 Å². The van der Waals surface area contributed by atoms with E-state index >= 15 is 0 Å². The van der Waals surface area contributed by atoms with Crippen LogP contribution in [0.3, 0.4) is 0 Å². The lowest BCUT2D eigenvalue weighted by molar-refractivity contribution is -0.133. The van der Waals surface area contributed by atoms with Crippen molar-refractivity contribution in [3.8, 4) is 0 Å². The van der Waals surface area contributed by atoms with Gasteiger partial charge in [0.25, 0.3) is 0 Å². The van der Waals surface area contributed by atoms with Crippen LogP contribution in [0.2, 0.25) is 0 Å². The van der Waals surface area contributed by atoms with Gasteiger partial charge in [0.1, 0.15) is 0 Å². The second kappa shape index (κ2) is 7.46. The molecule has 0 heterocycles. The van der Waals surface area contributed by atoms with Gasteiger partial charge in [-0.1, -0.05) is 60.7 Å². The molecule has 0 saturated carbocycles. The lowest BCUT2D eigenvalue weighted by Crippen LogP contribution is -2.29. The Bertz CT molecular complexity index is 525. The first-order valence-electron chi connectivity index (χ1n) is 6.81. The summed E-state index contributed by atoms with van der Waals surface area (Å²) in [6, 6.07) is 19.9. The molecule has 0 spiro atoms. The molecule has 1 amide bonds. The molecule has 1 unspecified atom stereocenters. The molecule has 0 aromatic heterocycles. The monoisotopic (exact) mass is 269 g/mol. The Kier molecular flexibility index (Phi) is 5.33. The standard InChI is InChI=1S/C17H19NO2/c19-17(18-20)16(13-15-9-5-2-6-10-15)12-11-14-7-3-1-4-8-14/h1-10,16,20H,11-13H2,(H,18,19). The third kappa shape index (κ3) is 4.21. The zero-order chi connectivity index (χ0) is 14.2. The van der Waals surface area contributed by atoms with E-state index in [9.17, 15) is 4.79 Å². The summed E-state index contributed by atoms with van der Waals surface area (Å²) in [4.78, 5) is 11.8. The summed E-state index contributed by atoms with van der Waals surface area (Å²) >= 11 is 0. The van der Waals surface area contributed by atoms with Crippen molar-refractivity contribution in [2.45, 2.75) is 19.3 Å². The van der Waals surface area contributed by atoms with Crippen molar-refractivity contribution >= 4 is 5.91 Å². The highest BCUT2D eigenvalue weighted by Gasteiger charge is 2.18. The van der Waals surface area contributed by atoms with Crippen LogP contribution in [0, 0.1) is 5.92 Å². The number of carbonyl (C=O) groups is 1. The molecule has 3 heteroatoms. The van der Waals surface area contributed by atoms with Gasteiger partial charge in [0.15, 0.2) is 0 Å². The van der Waals surface area contributed by atoms with E-state index in [1.807, 2.05) is 48.5 Å². The van der Waals surface area contributed by atoms with Crippen LogP contribution >= 0.6 is 0 Å². The number of hydrogen-bond donors (Lipinski definition) is 2. The van der Waals surface area contributed by atoms with E-state index in [4.69, 9.17) is 5.21 Å². The quantitative estimate of drug-likeness (QED) is 0.625. The van der Waals surface area contributed by atoms with Crippen molar-refractivity contribution in [2.24, 2.45) is 5.92 Å². The summed E-state index contributed by atoms with van der Waals surface area (Å²) in [7, 11) is 0. The Labute approximate surface area is 119 Å². The maximum atomic E-state index is 11.8. The van der Waals surface area contributed by atoms with Gasteiger partial charge in [-0.3, -0.25) is 10.0 Å². The van der Waals surface area contributed by atoms with Crippen molar-refractivity contribution in [3.63, 3.8) is 0 Å². The van der Waals surface area contributed by atoms with E-state index < -0.39 is 0 Å². The van der Waals surface area contributed by atoms with Crippen LogP contribution in [0.15, 0.2) is 60.7 Å². The minimum Gasteiger partial charge on any atom is -0.289 e. The van der Waals surface area contributed by atoms with Crippen molar-refractivity contribution < 1.29 is 10.0 Å². The van der Waals surface area contributed by atoms with Gasteiger partial charge in [0.2, 0.25) is 5.91 Å². The lowest BCUT2D eigenvalue weighted by atomic mass is 9.92. The highest BCUT2D eigenvalue weighted by Crippen LogP contribution is 2.16. The summed E-state index contributed by atoms with van der Waals surface area (Å²) in [6.07, 6.45) is 2.18. The zero-order valence-corrected chi connectivity index (χ0v) is 11.3. The topological polar surface area (TPSA) is 49.3 Å². The summed E-state index contributed by atoms with van der Waals surface area (Å²) in [5, 5.41) is 8.88. The molecule has 0 aliphatic rings. The molecule has 0 aliphatic heterocycles. The highest BCUT2D eigenvalue weighted by atomic mass is 16.5. The van der Waals surface area contributed by atoms with E-state index in [-0.39, 0.29) is 11.8 Å². The number of hydroxylamine groups is 1. The van der Waals surface area contributed by atoms with Gasteiger partial charge in [-0.2, -0.15) is 0 Å². The molecule has 0 bridgehead atoms. The number of nitrogens with one attached hydrogen (secondary N) is 1.